The number of thioether (sulfide) groups is 1. The molecule has 0 unspecified atom stereocenters. The lowest BCUT2D eigenvalue weighted by molar-refractivity contribution is -0.122. The van der Waals surface area contributed by atoms with E-state index in [0.717, 1.165) is 22.8 Å². The van der Waals surface area contributed by atoms with Gasteiger partial charge in [0.2, 0.25) is 5.91 Å². The number of amides is 1. The number of benzene rings is 1. The zero-order chi connectivity index (χ0) is 16.9. The first kappa shape index (κ1) is 17.9. The largest absolute Gasteiger partial charge is 0.486 e. The Kier molecular flexibility index (Phi) is 6.18. The van der Waals surface area contributed by atoms with Crippen molar-refractivity contribution >= 4 is 17.7 Å². The monoisotopic (exact) mass is 338 g/mol. The smallest absolute Gasteiger partial charge is 0.236 e. The van der Waals surface area contributed by atoms with E-state index in [0.29, 0.717) is 26.2 Å². The third-order valence-electron chi connectivity index (χ3n) is 4.00. The Balaban J connectivity index is 1.97. The van der Waals surface area contributed by atoms with E-state index in [9.17, 15) is 4.79 Å². The Bertz CT molecular complexity index is 549. The number of carbonyl (C=O) groups is 1. The molecule has 1 heterocycles. The highest BCUT2D eigenvalue weighted by Crippen LogP contribution is 2.34. The summed E-state index contributed by atoms with van der Waals surface area (Å²) in [6.07, 6.45) is 2.70. The highest BCUT2D eigenvalue weighted by Gasteiger charge is 2.25. The van der Waals surface area contributed by atoms with E-state index in [-0.39, 0.29) is 11.3 Å². The lowest BCUT2D eigenvalue weighted by Crippen LogP contribution is -2.45. The lowest BCUT2D eigenvalue weighted by Gasteiger charge is -2.28. The van der Waals surface area contributed by atoms with Crippen molar-refractivity contribution in [2.75, 3.05) is 31.8 Å². The standard InChI is InChI=1S/C17H26N2O3S/c1-17(2,11-19-16(20)13(18)6-9-23-3)12-4-5-14-15(10-12)22-8-7-21-14/h4-5,10,13H,6-9,11,18H2,1-3H3,(H,19,20)/t13-/m0/s1. The highest BCUT2D eigenvalue weighted by molar-refractivity contribution is 7.98. The quantitative estimate of drug-likeness (QED) is 0.795. The fourth-order valence-electron chi connectivity index (χ4n) is 2.38. The van der Waals surface area contributed by atoms with Crippen molar-refractivity contribution in [3.8, 4) is 11.5 Å². The first-order valence-electron chi connectivity index (χ1n) is 7.86. The average molecular weight is 338 g/mol. The molecule has 0 aromatic heterocycles. The van der Waals surface area contributed by atoms with Crippen LogP contribution in [0.15, 0.2) is 18.2 Å². The first-order chi connectivity index (χ1) is 10.9. The number of hydrogen-bond acceptors (Lipinski definition) is 5. The number of fused-ring (bicyclic) bond motifs is 1. The van der Waals surface area contributed by atoms with Crippen LogP contribution in [-0.4, -0.2) is 43.7 Å². The molecule has 3 N–H and O–H groups in total. The van der Waals surface area contributed by atoms with E-state index in [1.54, 1.807) is 11.8 Å². The van der Waals surface area contributed by atoms with E-state index < -0.39 is 6.04 Å². The summed E-state index contributed by atoms with van der Waals surface area (Å²) in [5.41, 5.74) is 6.78. The van der Waals surface area contributed by atoms with Gasteiger partial charge in [-0.25, -0.2) is 0 Å². The Labute approximate surface area is 142 Å². The molecule has 128 valence electrons. The molecule has 1 atom stereocenters. The molecule has 0 aliphatic carbocycles. The fraction of sp³-hybridized carbons (Fsp3) is 0.588. The lowest BCUT2D eigenvalue weighted by atomic mass is 9.84. The van der Waals surface area contributed by atoms with E-state index in [2.05, 4.69) is 19.2 Å². The van der Waals surface area contributed by atoms with Gasteiger partial charge in [0.25, 0.3) is 0 Å². The number of hydrogen-bond donors (Lipinski definition) is 2. The summed E-state index contributed by atoms with van der Waals surface area (Å²) in [5.74, 6) is 2.34. The van der Waals surface area contributed by atoms with Gasteiger partial charge in [0.1, 0.15) is 13.2 Å². The van der Waals surface area contributed by atoms with Crippen molar-refractivity contribution in [3.05, 3.63) is 23.8 Å². The van der Waals surface area contributed by atoms with Gasteiger partial charge < -0.3 is 20.5 Å². The fourth-order valence-corrected chi connectivity index (χ4v) is 2.87. The van der Waals surface area contributed by atoms with Gasteiger partial charge in [-0.2, -0.15) is 11.8 Å². The van der Waals surface area contributed by atoms with Crippen molar-refractivity contribution < 1.29 is 14.3 Å². The molecular weight excluding hydrogens is 312 g/mol. The molecule has 1 amide bonds. The molecule has 0 bridgehead atoms. The normalized spacial score (nSPS) is 15.1. The second-order valence-electron chi connectivity index (χ2n) is 6.35. The molecule has 1 aliphatic heterocycles. The molecule has 1 aromatic rings. The average Bonchev–Trinajstić information content (AvgIpc) is 2.57. The SMILES string of the molecule is CSCC[C@H](N)C(=O)NCC(C)(C)c1ccc2c(c1)OCCO2. The summed E-state index contributed by atoms with van der Waals surface area (Å²) >= 11 is 1.70. The maximum Gasteiger partial charge on any atom is 0.236 e. The van der Waals surface area contributed by atoms with Crippen LogP contribution in [0.25, 0.3) is 0 Å². The first-order valence-corrected chi connectivity index (χ1v) is 9.26. The topological polar surface area (TPSA) is 73.6 Å². The van der Waals surface area contributed by atoms with Crippen molar-refractivity contribution in [3.63, 3.8) is 0 Å². The van der Waals surface area contributed by atoms with Crippen LogP contribution in [0, 0.1) is 0 Å². The molecule has 0 radical (unpaired) electrons. The highest BCUT2D eigenvalue weighted by atomic mass is 32.2. The maximum absolute atomic E-state index is 12.1. The summed E-state index contributed by atoms with van der Waals surface area (Å²) < 4.78 is 11.2. The van der Waals surface area contributed by atoms with Gasteiger partial charge in [-0.15, -0.1) is 0 Å². The molecular formula is C17H26N2O3S. The van der Waals surface area contributed by atoms with Crippen molar-refractivity contribution in [1.82, 2.24) is 5.32 Å². The van der Waals surface area contributed by atoms with Crippen LogP contribution in [0.1, 0.15) is 25.8 Å². The molecule has 23 heavy (non-hydrogen) atoms. The molecule has 5 nitrogen and oxygen atoms in total. The predicted molar refractivity (Wildman–Crippen MR) is 94.4 cm³/mol. The maximum atomic E-state index is 12.1. The van der Waals surface area contributed by atoms with Crippen molar-refractivity contribution in [1.29, 1.82) is 0 Å². The molecule has 2 rings (SSSR count). The van der Waals surface area contributed by atoms with Gasteiger partial charge in [-0.1, -0.05) is 19.9 Å². The van der Waals surface area contributed by atoms with Gasteiger partial charge in [0, 0.05) is 12.0 Å². The number of rotatable bonds is 7. The summed E-state index contributed by atoms with van der Waals surface area (Å²) in [5, 5.41) is 2.96. The molecule has 6 heteroatoms. The minimum atomic E-state index is -0.446. The number of ether oxygens (including phenoxy) is 2. The minimum absolute atomic E-state index is 0.0929. The van der Waals surface area contributed by atoms with E-state index in [1.165, 1.54) is 0 Å². The Morgan fingerprint density at radius 2 is 2.04 bits per heavy atom. The molecule has 0 spiro atoms. The van der Waals surface area contributed by atoms with Gasteiger partial charge in [-0.3, -0.25) is 4.79 Å². The van der Waals surface area contributed by atoms with Gasteiger partial charge in [0.15, 0.2) is 11.5 Å². The summed E-state index contributed by atoms with van der Waals surface area (Å²) in [6.45, 7) is 5.86. The number of nitrogens with one attached hydrogen (secondary N) is 1. The van der Waals surface area contributed by atoms with E-state index in [1.807, 2.05) is 24.5 Å². The summed E-state index contributed by atoms with van der Waals surface area (Å²) in [4.78, 5) is 12.1. The minimum Gasteiger partial charge on any atom is -0.486 e. The third-order valence-corrected chi connectivity index (χ3v) is 4.64. The molecule has 0 fully saturated rings. The van der Waals surface area contributed by atoms with Crippen molar-refractivity contribution in [2.24, 2.45) is 5.73 Å². The summed E-state index contributed by atoms with van der Waals surface area (Å²) in [7, 11) is 0. The van der Waals surface area contributed by atoms with Crippen LogP contribution in [0.2, 0.25) is 0 Å². The van der Waals surface area contributed by atoms with Crippen LogP contribution >= 0.6 is 11.8 Å². The molecule has 1 aromatic carbocycles. The zero-order valence-corrected chi connectivity index (χ0v) is 14.9. The molecule has 0 saturated heterocycles. The van der Waals surface area contributed by atoms with Crippen LogP contribution < -0.4 is 20.5 Å². The molecule has 0 saturated carbocycles. The van der Waals surface area contributed by atoms with E-state index in [4.69, 9.17) is 15.2 Å². The van der Waals surface area contributed by atoms with Gasteiger partial charge >= 0.3 is 0 Å². The zero-order valence-electron chi connectivity index (χ0n) is 14.1. The van der Waals surface area contributed by atoms with Gasteiger partial charge in [-0.05, 0) is 36.1 Å². The number of carbonyl (C=O) groups excluding carboxylic acids is 1. The van der Waals surface area contributed by atoms with Crippen molar-refractivity contribution in [2.45, 2.75) is 31.7 Å². The predicted octanol–water partition coefficient (Wildman–Crippen LogP) is 1.93. The van der Waals surface area contributed by atoms with Crippen LogP contribution in [-0.2, 0) is 10.2 Å². The Morgan fingerprint density at radius 1 is 1.35 bits per heavy atom. The number of nitrogens with two attached hydrogens (primary N) is 1. The van der Waals surface area contributed by atoms with E-state index >= 15 is 0 Å². The van der Waals surface area contributed by atoms with Gasteiger partial charge in [0.05, 0.1) is 6.04 Å². The van der Waals surface area contributed by atoms with Crippen LogP contribution in [0.5, 0.6) is 11.5 Å². The Hall–Kier alpha value is -1.40. The summed E-state index contributed by atoms with van der Waals surface area (Å²) in [6, 6.07) is 5.50. The Morgan fingerprint density at radius 3 is 2.74 bits per heavy atom. The second-order valence-corrected chi connectivity index (χ2v) is 7.33. The molecule has 1 aliphatic rings. The van der Waals surface area contributed by atoms with Crippen LogP contribution in [0.4, 0.5) is 0 Å². The third kappa shape index (κ3) is 4.78. The second kappa shape index (κ2) is 7.93. The van der Waals surface area contributed by atoms with Crippen LogP contribution in [0.3, 0.4) is 0 Å².